The Labute approximate surface area is 290 Å². The number of benzene rings is 4. The summed E-state index contributed by atoms with van der Waals surface area (Å²) in [5, 5.41) is 7.36. The van der Waals surface area contributed by atoms with Gasteiger partial charge in [0, 0.05) is 40.4 Å². The van der Waals surface area contributed by atoms with E-state index in [-0.39, 0.29) is 5.41 Å². The van der Waals surface area contributed by atoms with Crippen LogP contribution in [0.5, 0.6) is 11.5 Å². The van der Waals surface area contributed by atoms with Gasteiger partial charge >= 0.3 is 0 Å². The van der Waals surface area contributed by atoms with E-state index in [9.17, 15) is 0 Å². The second-order valence-corrected chi connectivity index (χ2v) is 14.5. The molecule has 7 aromatic rings. The van der Waals surface area contributed by atoms with Gasteiger partial charge in [-0.05, 0) is 104 Å². The topological polar surface area (TPSA) is 44.9 Å². The van der Waals surface area contributed by atoms with Crippen LogP contribution in [-0.4, -0.2) is 19.3 Å². The average molecular weight is 647 g/mol. The second-order valence-electron chi connectivity index (χ2n) is 14.5. The fourth-order valence-electron chi connectivity index (χ4n) is 7.13. The first-order valence-electron chi connectivity index (χ1n) is 17.6. The van der Waals surface area contributed by atoms with Crippen LogP contribution in [-0.2, 0) is 12.8 Å². The molecular weight excluding hydrogens is 601 g/mol. The SMILES string of the molecule is CCCCCc1ccnc(-n2c3ccc(CC(C)(C)C)cc3c3ccc(Oc4cccc(-n5nc(C)c(-c6ccccc6)c5C)c4)cc32)c1. The Bertz CT molecular complexity index is 2250. The van der Waals surface area contributed by atoms with Gasteiger partial charge in [-0.25, -0.2) is 9.67 Å². The van der Waals surface area contributed by atoms with Crippen LogP contribution in [0.3, 0.4) is 0 Å². The van der Waals surface area contributed by atoms with Crippen molar-refractivity contribution < 1.29 is 4.74 Å². The quantitative estimate of drug-likeness (QED) is 0.139. The standard InChI is InChI=1S/C44H46N4O/c1-7-8-10-14-32-23-24-45-42(26-32)47-40-22-19-33(29-44(4,5)6)25-39(40)38-21-20-37(28-41(38)47)49-36-18-13-17-35(27-36)48-31(3)43(30(2)46-48)34-15-11-9-12-16-34/h9,11-13,15-28H,7-8,10,14,29H2,1-6H3. The first kappa shape index (κ1) is 32.4. The van der Waals surface area contributed by atoms with Crippen molar-refractivity contribution in [1.29, 1.82) is 0 Å². The van der Waals surface area contributed by atoms with E-state index >= 15 is 0 Å². The van der Waals surface area contributed by atoms with E-state index in [1.54, 1.807) is 0 Å². The molecule has 0 fully saturated rings. The molecule has 0 aliphatic rings. The number of unbranched alkanes of at least 4 members (excludes halogenated alkanes) is 2. The summed E-state index contributed by atoms with van der Waals surface area (Å²) in [6.45, 7) is 13.3. The van der Waals surface area contributed by atoms with Crippen molar-refractivity contribution in [2.75, 3.05) is 0 Å². The minimum absolute atomic E-state index is 0.201. The molecule has 49 heavy (non-hydrogen) atoms. The van der Waals surface area contributed by atoms with Crippen molar-refractivity contribution in [3.8, 4) is 34.1 Å². The maximum Gasteiger partial charge on any atom is 0.137 e. The lowest BCUT2D eigenvalue weighted by Gasteiger charge is -2.18. The Morgan fingerprint density at radius 2 is 1.53 bits per heavy atom. The van der Waals surface area contributed by atoms with Crippen molar-refractivity contribution in [1.82, 2.24) is 19.3 Å². The number of hydrogen-bond acceptors (Lipinski definition) is 3. The number of aryl methyl sites for hydroxylation is 2. The summed E-state index contributed by atoms with van der Waals surface area (Å²) in [5.74, 6) is 2.48. The fraction of sp³-hybridized carbons (Fsp3) is 0.273. The Hall–Kier alpha value is -5.16. The zero-order valence-electron chi connectivity index (χ0n) is 29.6. The molecule has 5 heteroatoms. The van der Waals surface area contributed by atoms with Gasteiger partial charge in [0.15, 0.2) is 0 Å². The Kier molecular flexibility index (Phi) is 8.85. The molecule has 0 N–H and O–H groups in total. The van der Waals surface area contributed by atoms with Gasteiger partial charge in [-0.3, -0.25) is 4.57 Å². The molecular formula is C44H46N4O. The lowest BCUT2D eigenvalue weighted by Crippen LogP contribution is -2.08. The van der Waals surface area contributed by atoms with Crippen LogP contribution in [0.15, 0.2) is 109 Å². The lowest BCUT2D eigenvalue weighted by atomic mass is 9.88. The summed E-state index contributed by atoms with van der Waals surface area (Å²) >= 11 is 0. The minimum atomic E-state index is 0.201. The summed E-state index contributed by atoms with van der Waals surface area (Å²) in [4.78, 5) is 4.90. The Morgan fingerprint density at radius 3 is 2.33 bits per heavy atom. The van der Waals surface area contributed by atoms with E-state index in [1.165, 1.54) is 52.3 Å². The molecule has 0 spiro atoms. The van der Waals surface area contributed by atoms with Crippen LogP contribution in [0, 0.1) is 19.3 Å². The van der Waals surface area contributed by atoms with Gasteiger partial charge in [-0.2, -0.15) is 5.10 Å². The number of ether oxygens (including phenoxy) is 1. The van der Waals surface area contributed by atoms with Gasteiger partial charge in [0.2, 0.25) is 0 Å². The highest BCUT2D eigenvalue weighted by Crippen LogP contribution is 2.37. The molecule has 0 saturated heterocycles. The van der Waals surface area contributed by atoms with Gasteiger partial charge in [0.1, 0.15) is 17.3 Å². The van der Waals surface area contributed by atoms with Crippen molar-refractivity contribution in [3.05, 3.63) is 132 Å². The van der Waals surface area contributed by atoms with E-state index in [0.29, 0.717) is 0 Å². The second kappa shape index (κ2) is 13.4. The van der Waals surface area contributed by atoms with Gasteiger partial charge in [0.25, 0.3) is 0 Å². The average Bonchev–Trinajstić information content (AvgIpc) is 3.57. The third-order valence-electron chi connectivity index (χ3n) is 9.30. The lowest BCUT2D eigenvalue weighted by molar-refractivity contribution is 0.411. The molecule has 0 aliphatic heterocycles. The Morgan fingerprint density at radius 1 is 0.714 bits per heavy atom. The normalized spacial score (nSPS) is 11.9. The molecule has 5 nitrogen and oxygen atoms in total. The third kappa shape index (κ3) is 6.76. The molecule has 0 saturated carbocycles. The number of rotatable bonds is 10. The highest BCUT2D eigenvalue weighted by atomic mass is 16.5. The monoisotopic (exact) mass is 646 g/mol. The molecule has 248 valence electrons. The molecule has 0 unspecified atom stereocenters. The van der Waals surface area contributed by atoms with Crippen LogP contribution < -0.4 is 4.74 Å². The van der Waals surface area contributed by atoms with E-state index in [1.807, 2.05) is 29.1 Å². The molecule has 4 aromatic carbocycles. The molecule has 7 rings (SSSR count). The maximum absolute atomic E-state index is 6.60. The Balaban J connectivity index is 1.28. The molecule has 3 heterocycles. The van der Waals surface area contributed by atoms with E-state index in [0.717, 1.165) is 58.3 Å². The highest BCUT2D eigenvalue weighted by molar-refractivity contribution is 6.09. The van der Waals surface area contributed by atoms with Crippen LogP contribution in [0.1, 0.15) is 69.5 Å². The summed E-state index contributed by atoms with van der Waals surface area (Å²) in [5.41, 5.74) is 10.5. The predicted molar refractivity (Wildman–Crippen MR) is 204 cm³/mol. The number of hydrogen-bond donors (Lipinski definition) is 0. The van der Waals surface area contributed by atoms with Gasteiger partial charge < -0.3 is 4.74 Å². The van der Waals surface area contributed by atoms with Crippen molar-refractivity contribution >= 4 is 21.8 Å². The number of nitrogens with zero attached hydrogens (tertiary/aromatic N) is 4. The summed E-state index contributed by atoms with van der Waals surface area (Å²) in [6, 6.07) is 36.4. The molecule has 0 radical (unpaired) electrons. The first-order valence-corrected chi connectivity index (χ1v) is 17.6. The summed E-state index contributed by atoms with van der Waals surface area (Å²) in [7, 11) is 0. The number of pyridine rings is 1. The van der Waals surface area contributed by atoms with Gasteiger partial charge in [-0.1, -0.05) is 83.0 Å². The maximum atomic E-state index is 6.60. The van der Waals surface area contributed by atoms with Crippen LogP contribution >= 0.6 is 0 Å². The van der Waals surface area contributed by atoms with Crippen molar-refractivity contribution in [3.63, 3.8) is 0 Å². The largest absolute Gasteiger partial charge is 0.457 e. The number of fused-ring (bicyclic) bond motifs is 3. The molecule has 0 bridgehead atoms. The number of aromatic nitrogens is 4. The van der Waals surface area contributed by atoms with Gasteiger partial charge in [0.05, 0.1) is 22.4 Å². The predicted octanol–water partition coefficient (Wildman–Crippen LogP) is 11.8. The first-order chi connectivity index (χ1) is 23.7. The highest BCUT2D eigenvalue weighted by Gasteiger charge is 2.19. The molecule has 0 atom stereocenters. The van der Waals surface area contributed by atoms with Crippen LogP contribution in [0.2, 0.25) is 0 Å². The van der Waals surface area contributed by atoms with E-state index in [2.05, 4.69) is 131 Å². The third-order valence-corrected chi connectivity index (χ3v) is 9.30. The van der Waals surface area contributed by atoms with Gasteiger partial charge in [-0.15, -0.1) is 0 Å². The fourth-order valence-corrected chi connectivity index (χ4v) is 7.13. The zero-order valence-corrected chi connectivity index (χ0v) is 29.6. The summed E-state index contributed by atoms with van der Waals surface area (Å²) in [6.07, 6.45) is 7.66. The molecule has 0 amide bonds. The minimum Gasteiger partial charge on any atom is -0.457 e. The van der Waals surface area contributed by atoms with E-state index in [4.69, 9.17) is 14.8 Å². The van der Waals surface area contributed by atoms with E-state index < -0.39 is 0 Å². The van der Waals surface area contributed by atoms with Crippen LogP contribution in [0.25, 0.3) is 44.4 Å². The molecule has 0 aliphatic carbocycles. The van der Waals surface area contributed by atoms with Crippen LogP contribution in [0.4, 0.5) is 0 Å². The van der Waals surface area contributed by atoms with Crippen molar-refractivity contribution in [2.24, 2.45) is 5.41 Å². The summed E-state index contributed by atoms with van der Waals surface area (Å²) < 4.78 is 10.9. The van der Waals surface area contributed by atoms with Crippen molar-refractivity contribution in [2.45, 2.75) is 73.6 Å². The zero-order chi connectivity index (χ0) is 34.1. The molecule has 3 aromatic heterocycles. The smallest absolute Gasteiger partial charge is 0.137 e.